The molecule has 1 aliphatic carbocycles. The number of rotatable bonds is 10. The maximum atomic E-state index is 12.8. The van der Waals surface area contributed by atoms with Crippen LogP contribution in [0.1, 0.15) is 27.9 Å². The average Bonchev–Trinajstić information content (AvgIpc) is 3.02. The first-order valence-electron chi connectivity index (χ1n) is 13.1. The van der Waals surface area contributed by atoms with Gasteiger partial charge in [-0.25, -0.2) is 4.79 Å². The molecule has 0 amide bonds. The van der Waals surface area contributed by atoms with Crippen molar-refractivity contribution in [2.24, 2.45) is 5.92 Å². The van der Waals surface area contributed by atoms with Crippen molar-refractivity contribution in [3.63, 3.8) is 0 Å². The van der Waals surface area contributed by atoms with Gasteiger partial charge in [-0.05, 0) is 66.1 Å². The van der Waals surface area contributed by atoms with Gasteiger partial charge in [0, 0.05) is 6.07 Å². The van der Waals surface area contributed by atoms with Crippen LogP contribution in [-0.4, -0.2) is 11.9 Å². The van der Waals surface area contributed by atoms with Crippen LogP contribution in [-0.2, 0) is 22.7 Å². The third-order valence-electron chi connectivity index (χ3n) is 6.28. The maximum absolute atomic E-state index is 12.8. The van der Waals surface area contributed by atoms with Gasteiger partial charge < -0.3 is 18.9 Å². The second kappa shape index (κ2) is 13.5. The number of ether oxygens (including phenoxy) is 4. The zero-order valence-corrected chi connectivity index (χ0v) is 22.8. The van der Waals surface area contributed by atoms with Gasteiger partial charge in [-0.3, -0.25) is 4.79 Å². The third-order valence-corrected chi connectivity index (χ3v) is 6.59. The lowest BCUT2D eigenvalue weighted by Crippen LogP contribution is -2.20. The highest BCUT2D eigenvalue weighted by Gasteiger charge is 2.21. The van der Waals surface area contributed by atoms with E-state index in [0.717, 1.165) is 11.1 Å². The van der Waals surface area contributed by atoms with Crippen molar-refractivity contribution in [3.05, 3.63) is 149 Å². The fraction of sp³-hybridized carbons (Fsp3) is 0.118. The molecule has 1 aliphatic rings. The molecule has 0 saturated heterocycles. The minimum absolute atomic E-state index is 0.0852. The minimum Gasteiger partial charge on any atom is -0.489 e. The van der Waals surface area contributed by atoms with E-state index in [-0.39, 0.29) is 16.5 Å². The monoisotopic (exact) mass is 566 g/mol. The Morgan fingerprint density at radius 2 is 1.37 bits per heavy atom. The molecule has 0 aliphatic heterocycles. The molecular weight excluding hydrogens is 540 g/mol. The van der Waals surface area contributed by atoms with Crippen LogP contribution in [0.3, 0.4) is 0 Å². The Hall–Kier alpha value is -4.81. The Balaban J connectivity index is 1.13. The lowest BCUT2D eigenvalue weighted by atomic mass is 10.0. The molecule has 4 aromatic rings. The van der Waals surface area contributed by atoms with Crippen molar-refractivity contribution >= 4 is 23.5 Å². The van der Waals surface area contributed by atoms with E-state index in [1.165, 1.54) is 12.1 Å². The minimum atomic E-state index is -0.603. The summed E-state index contributed by atoms with van der Waals surface area (Å²) in [5, 5.41) is 0.210. The molecule has 0 unspecified atom stereocenters. The molecule has 7 heteroatoms. The van der Waals surface area contributed by atoms with Gasteiger partial charge in [0.1, 0.15) is 30.5 Å². The summed E-state index contributed by atoms with van der Waals surface area (Å²) < 4.78 is 22.6. The van der Waals surface area contributed by atoms with Gasteiger partial charge >= 0.3 is 11.9 Å². The largest absolute Gasteiger partial charge is 0.489 e. The van der Waals surface area contributed by atoms with Gasteiger partial charge in [-0.1, -0.05) is 78.3 Å². The molecule has 0 heterocycles. The molecule has 41 heavy (non-hydrogen) atoms. The molecule has 206 valence electrons. The summed E-state index contributed by atoms with van der Waals surface area (Å²) in [6.07, 6.45) is 5.83. The van der Waals surface area contributed by atoms with Crippen LogP contribution in [0.5, 0.6) is 17.2 Å². The zero-order chi connectivity index (χ0) is 28.4. The molecule has 0 spiro atoms. The highest BCUT2D eigenvalue weighted by atomic mass is 35.5. The standard InChI is InChI=1S/C34H27ClO6/c35-31-20-19-30(40-33(36)26-11-15-28(16-12-26)38-22-24-7-3-1-4-8-24)21-32(31)41-34(37)27-13-17-29(18-14-27)39-23-25-9-5-2-6-10-25/h1-11,13-21,26H,12,22-23H2/t26-/m0/s1. The molecular formula is C34H27ClO6. The Kier molecular flexibility index (Phi) is 9.14. The lowest BCUT2D eigenvalue weighted by Gasteiger charge is -2.16. The van der Waals surface area contributed by atoms with Crippen LogP contribution in [0.2, 0.25) is 5.02 Å². The number of esters is 2. The SMILES string of the molecule is O=C(Oc1cc(OC(=O)[C@H]2C=CC(OCc3ccccc3)=CC2)ccc1Cl)c1ccc(OCc2ccccc2)cc1. The van der Waals surface area contributed by atoms with Crippen molar-refractivity contribution in [2.75, 3.05) is 0 Å². The number of hydrogen-bond donors (Lipinski definition) is 0. The van der Waals surface area contributed by atoms with Gasteiger partial charge in [-0.2, -0.15) is 0 Å². The molecule has 4 aromatic carbocycles. The number of benzene rings is 4. The molecule has 0 radical (unpaired) electrons. The van der Waals surface area contributed by atoms with E-state index in [1.54, 1.807) is 42.5 Å². The number of allylic oxidation sites excluding steroid dienone is 2. The van der Waals surface area contributed by atoms with Crippen LogP contribution in [0.15, 0.2) is 127 Å². The first kappa shape index (κ1) is 27.7. The number of carbonyl (C=O) groups excluding carboxylic acids is 2. The number of carbonyl (C=O) groups is 2. The van der Waals surface area contributed by atoms with E-state index in [0.29, 0.717) is 36.7 Å². The summed E-state index contributed by atoms with van der Waals surface area (Å²) in [5.74, 6) is 0.118. The lowest BCUT2D eigenvalue weighted by molar-refractivity contribution is -0.137. The van der Waals surface area contributed by atoms with E-state index in [4.69, 9.17) is 30.5 Å². The summed E-state index contributed by atoms with van der Waals surface area (Å²) in [6.45, 7) is 0.868. The smallest absolute Gasteiger partial charge is 0.343 e. The summed E-state index contributed by atoms with van der Waals surface area (Å²) in [5.41, 5.74) is 2.42. The van der Waals surface area contributed by atoms with Crippen LogP contribution in [0.4, 0.5) is 0 Å². The van der Waals surface area contributed by atoms with Crippen molar-refractivity contribution in [1.29, 1.82) is 0 Å². The van der Waals surface area contributed by atoms with Crippen molar-refractivity contribution in [3.8, 4) is 17.2 Å². The molecule has 0 N–H and O–H groups in total. The van der Waals surface area contributed by atoms with Gasteiger partial charge in [-0.15, -0.1) is 0 Å². The van der Waals surface area contributed by atoms with E-state index >= 15 is 0 Å². The van der Waals surface area contributed by atoms with Crippen molar-refractivity contribution in [2.45, 2.75) is 19.6 Å². The van der Waals surface area contributed by atoms with Crippen molar-refractivity contribution < 1.29 is 28.5 Å². The molecule has 0 aromatic heterocycles. The van der Waals surface area contributed by atoms with E-state index in [1.807, 2.05) is 66.7 Å². The van der Waals surface area contributed by atoms with E-state index in [9.17, 15) is 9.59 Å². The number of hydrogen-bond acceptors (Lipinski definition) is 6. The molecule has 1 atom stereocenters. The van der Waals surface area contributed by atoms with Crippen LogP contribution < -0.4 is 14.2 Å². The van der Waals surface area contributed by atoms with Gasteiger partial charge in [0.25, 0.3) is 0 Å². The molecule has 0 saturated carbocycles. The van der Waals surface area contributed by atoms with Crippen LogP contribution in [0, 0.1) is 5.92 Å². The summed E-state index contributed by atoms with van der Waals surface area (Å²) in [4.78, 5) is 25.5. The quantitative estimate of drug-likeness (QED) is 0.144. The summed E-state index contributed by atoms with van der Waals surface area (Å²) in [7, 11) is 0. The van der Waals surface area contributed by atoms with E-state index < -0.39 is 17.9 Å². The third kappa shape index (κ3) is 7.87. The summed E-state index contributed by atoms with van der Waals surface area (Å²) in [6, 6.07) is 30.7. The molecule has 5 rings (SSSR count). The van der Waals surface area contributed by atoms with Gasteiger partial charge in [0.2, 0.25) is 0 Å². The Morgan fingerprint density at radius 3 is 2.00 bits per heavy atom. The second-order valence-electron chi connectivity index (χ2n) is 9.28. The second-order valence-corrected chi connectivity index (χ2v) is 9.69. The van der Waals surface area contributed by atoms with Crippen LogP contribution >= 0.6 is 11.6 Å². The average molecular weight is 567 g/mol. The zero-order valence-electron chi connectivity index (χ0n) is 22.1. The van der Waals surface area contributed by atoms with Crippen molar-refractivity contribution in [1.82, 2.24) is 0 Å². The Bertz CT molecular complexity index is 1550. The fourth-order valence-electron chi connectivity index (χ4n) is 4.03. The Labute approximate surface area is 243 Å². The highest BCUT2D eigenvalue weighted by Crippen LogP contribution is 2.31. The Morgan fingerprint density at radius 1 is 0.732 bits per heavy atom. The normalized spacial score (nSPS) is 14.1. The maximum Gasteiger partial charge on any atom is 0.343 e. The first-order chi connectivity index (χ1) is 20.0. The van der Waals surface area contributed by atoms with Gasteiger partial charge in [0.05, 0.1) is 16.5 Å². The fourth-order valence-corrected chi connectivity index (χ4v) is 4.18. The topological polar surface area (TPSA) is 71.1 Å². The highest BCUT2D eigenvalue weighted by molar-refractivity contribution is 6.32. The van der Waals surface area contributed by atoms with Gasteiger partial charge in [0.15, 0.2) is 5.75 Å². The van der Waals surface area contributed by atoms with Crippen LogP contribution in [0.25, 0.3) is 0 Å². The first-order valence-corrected chi connectivity index (χ1v) is 13.5. The molecule has 0 fully saturated rings. The predicted octanol–water partition coefficient (Wildman–Crippen LogP) is 7.72. The molecule has 0 bridgehead atoms. The molecule has 6 nitrogen and oxygen atoms in total. The summed E-state index contributed by atoms with van der Waals surface area (Å²) >= 11 is 6.26. The number of halogens is 1. The predicted molar refractivity (Wildman–Crippen MR) is 156 cm³/mol. The van der Waals surface area contributed by atoms with E-state index in [2.05, 4.69) is 0 Å².